The molecule has 0 unspecified atom stereocenters. The summed E-state index contributed by atoms with van der Waals surface area (Å²) < 4.78 is 0. The Morgan fingerprint density at radius 2 is 1.83 bits per heavy atom. The smallest absolute Gasteiger partial charge is 0.257 e. The second-order valence-electron chi connectivity index (χ2n) is 5.14. The first-order chi connectivity index (χ1) is 11.6. The summed E-state index contributed by atoms with van der Waals surface area (Å²) >= 11 is 1.35. The molecule has 0 saturated heterocycles. The van der Waals surface area contributed by atoms with Crippen LogP contribution < -0.4 is 10.6 Å². The molecule has 0 aliphatic carbocycles. The standard InChI is InChI=1S/C18H15N3O2S/c1-12-5-2-3-8-15(12)17(23)20-14-7-4-6-13(11-14)16(22)21-18-19-9-10-24-18/h2-11H,1H3,(H,20,23)(H,19,21,22). The fourth-order valence-corrected chi connectivity index (χ4v) is 2.74. The van der Waals surface area contributed by atoms with Crippen molar-refractivity contribution in [2.45, 2.75) is 6.92 Å². The van der Waals surface area contributed by atoms with Gasteiger partial charge in [0.05, 0.1) is 0 Å². The summed E-state index contributed by atoms with van der Waals surface area (Å²) in [6.07, 6.45) is 1.62. The average molecular weight is 337 g/mol. The summed E-state index contributed by atoms with van der Waals surface area (Å²) in [7, 11) is 0. The van der Waals surface area contributed by atoms with Gasteiger partial charge in [-0.15, -0.1) is 11.3 Å². The van der Waals surface area contributed by atoms with Crippen LogP contribution in [0.2, 0.25) is 0 Å². The number of nitrogens with one attached hydrogen (secondary N) is 2. The van der Waals surface area contributed by atoms with E-state index >= 15 is 0 Å². The van der Waals surface area contributed by atoms with Gasteiger partial charge in [0, 0.05) is 28.4 Å². The summed E-state index contributed by atoms with van der Waals surface area (Å²) in [6.45, 7) is 1.88. The van der Waals surface area contributed by atoms with Crippen molar-refractivity contribution in [3.05, 3.63) is 76.8 Å². The summed E-state index contributed by atoms with van der Waals surface area (Å²) in [6, 6.07) is 14.2. The van der Waals surface area contributed by atoms with Crippen molar-refractivity contribution in [3.63, 3.8) is 0 Å². The van der Waals surface area contributed by atoms with E-state index in [-0.39, 0.29) is 11.8 Å². The highest BCUT2D eigenvalue weighted by atomic mass is 32.1. The molecule has 6 heteroatoms. The van der Waals surface area contributed by atoms with Crippen LogP contribution in [0.5, 0.6) is 0 Å². The van der Waals surface area contributed by atoms with Crippen LogP contribution in [0, 0.1) is 6.92 Å². The molecule has 5 nitrogen and oxygen atoms in total. The molecule has 3 rings (SSSR count). The van der Waals surface area contributed by atoms with E-state index < -0.39 is 0 Å². The number of carbonyl (C=O) groups is 2. The summed E-state index contributed by atoms with van der Waals surface area (Å²) in [5.74, 6) is -0.470. The van der Waals surface area contributed by atoms with Crippen LogP contribution in [-0.2, 0) is 0 Å². The highest BCUT2D eigenvalue weighted by molar-refractivity contribution is 7.13. The van der Waals surface area contributed by atoms with Crippen molar-refractivity contribution in [2.24, 2.45) is 0 Å². The molecule has 0 radical (unpaired) electrons. The van der Waals surface area contributed by atoms with Gasteiger partial charge in [-0.1, -0.05) is 24.3 Å². The predicted octanol–water partition coefficient (Wildman–Crippen LogP) is 3.96. The molecule has 0 spiro atoms. The first-order valence-corrected chi connectivity index (χ1v) is 8.19. The van der Waals surface area contributed by atoms with Gasteiger partial charge in [0.15, 0.2) is 5.13 Å². The zero-order valence-electron chi connectivity index (χ0n) is 12.9. The molecule has 3 aromatic rings. The summed E-state index contributed by atoms with van der Waals surface area (Å²) in [5.41, 5.74) is 2.52. The molecule has 0 atom stereocenters. The Morgan fingerprint density at radius 1 is 1.00 bits per heavy atom. The molecule has 1 heterocycles. The maximum Gasteiger partial charge on any atom is 0.257 e. The molecule has 0 aliphatic rings. The first-order valence-electron chi connectivity index (χ1n) is 7.31. The Hall–Kier alpha value is -2.99. The Bertz CT molecular complexity index is 875. The molecule has 2 aromatic carbocycles. The third-order valence-corrected chi connectivity index (χ3v) is 4.11. The van der Waals surface area contributed by atoms with Crippen LogP contribution in [0.15, 0.2) is 60.1 Å². The van der Waals surface area contributed by atoms with E-state index in [1.165, 1.54) is 11.3 Å². The van der Waals surface area contributed by atoms with Crippen molar-refractivity contribution >= 4 is 34.0 Å². The van der Waals surface area contributed by atoms with Crippen LogP contribution in [-0.4, -0.2) is 16.8 Å². The predicted molar refractivity (Wildman–Crippen MR) is 95.6 cm³/mol. The van der Waals surface area contributed by atoms with Crippen molar-refractivity contribution < 1.29 is 9.59 Å². The number of benzene rings is 2. The molecular formula is C18H15N3O2S. The topological polar surface area (TPSA) is 71.1 Å². The fourth-order valence-electron chi connectivity index (χ4n) is 2.22. The Kier molecular flexibility index (Phi) is 4.67. The van der Waals surface area contributed by atoms with Gasteiger partial charge in [-0.3, -0.25) is 14.9 Å². The maximum absolute atomic E-state index is 12.4. The SMILES string of the molecule is Cc1ccccc1C(=O)Nc1cccc(C(=O)Nc2nccs2)c1. The number of aromatic nitrogens is 1. The van der Waals surface area contributed by atoms with Crippen molar-refractivity contribution in [1.29, 1.82) is 0 Å². The molecule has 0 aliphatic heterocycles. The maximum atomic E-state index is 12.4. The number of thiazole rings is 1. The van der Waals surface area contributed by atoms with Gasteiger partial charge in [-0.05, 0) is 36.8 Å². The highest BCUT2D eigenvalue weighted by Gasteiger charge is 2.11. The van der Waals surface area contributed by atoms with Crippen LogP contribution in [0.3, 0.4) is 0 Å². The zero-order chi connectivity index (χ0) is 16.9. The third kappa shape index (κ3) is 3.67. The highest BCUT2D eigenvalue weighted by Crippen LogP contribution is 2.16. The van der Waals surface area contributed by atoms with E-state index in [0.29, 0.717) is 21.9 Å². The minimum Gasteiger partial charge on any atom is -0.322 e. The second kappa shape index (κ2) is 7.06. The van der Waals surface area contributed by atoms with Crippen LogP contribution in [0.1, 0.15) is 26.3 Å². The molecule has 0 fully saturated rings. The lowest BCUT2D eigenvalue weighted by molar-refractivity contribution is 0.101. The summed E-state index contributed by atoms with van der Waals surface area (Å²) in [5, 5.41) is 7.86. The van der Waals surface area contributed by atoms with Gasteiger partial charge < -0.3 is 5.32 Å². The number of carbonyl (C=O) groups excluding carboxylic acids is 2. The zero-order valence-corrected chi connectivity index (χ0v) is 13.8. The average Bonchev–Trinajstić information content (AvgIpc) is 3.08. The molecule has 120 valence electrons. The molecule has 2 N–H and O–H groups in total. The third-order valence-electron chi connectivity index (χ3n) is 3.43. The normalized spacial score (nSPS) is 10.2. The van der Waals surface area contributed by atoms with Crippen molar-refractivity contribution in [3.8, 4) is 0 Å². The molecule has 0 saturated carbocycles. The van der Waals surface area contributed by atoms with Crippen LogP contribution in [0.4, 0.5) is 10.8 Å². The van der Waals surface area contributed by atoms with Gasteiger partial charge in [0.2, 0.25) is 0 Å². The second-order valence-corrected chi connectivity index (χ2v) is 6.04. The lowest BCUT2D eigenvalue weighted by Gasteiger charge is -2.09. The number of rotatable bonds is 4. The monoisotopic (exact) mass is 337 g/mol. The molecule has 24 heavy (non-hydrogen) atoms. The van der Waals surface area contributed by atoms with Gasteiger partial charge in [-0.2, -0.15) is 0 Å². The number of hydrogen-bond acceptors (Lipinski definition) is 4. The molecular weight excluding hydrogens is 322 g/mol. The van der Waals surface area contributed by atoms with Crippen molar-refractivity contribution in [1.82, 2.24) is 4.98 Å². The number of nitrogens with zero attached hydrogens (tertiary/aromatic N) is 1. The fraction of sp³-hybridized carbons (Fsp3) is 0.0556. The van der Waals surface area contributed by atoms with Gasteiger partial charge >= 0.3 is 0 Å². The van der Waals surface area contributed by atoms with E-state index in [9.17, 15) is 9.59 Å². The number of amides is 2. The van der Waals surface area contributed by atoms with E-state index in [1.807, 2.05) is 25.1 Å². The van der Waals surface area contributed by atoms with E-state index in [0.717, 1.165) is 5.56 Å². The van der Waals surface area contributed by atoms with Crippen LogP contribution >= 0.6 is 11.3 Å². The molecule has 2 amide bonds. The lowest BCUT2D eigenvalue weighted by atomic mass is 10.1. The Labute approximate surface area is 143 Å². The van der Waals surface area contributed by atoms with Gasteiger partial charge in [0.25, 0.3) is 11.8 Å². The number of hydrogen-bond donors (Lipinski definition) is 2. The van der Waals surface area contributed by atoms with E-state index in [4.69, 9.17) is 0 Å². The first kappa shape index (κ1) is 15.9. The van der Waals surface area contributed by atoms with Gasteiger partial charge in [-0.25, -0.2) is 4.98 Å². The largest absolute Gasteiger partial charge is 0.322 e. The van der Waals surface area contributed by atoms with E-state index in [2.05, 4.69) is 15.6 Å². The Balaban J connectivity index is 1.74. The van der Waals surface area contributed by atoms with Gasteiger partial charge in [0.1, 0.15) is 0 Å². The lowest BCUT2D eigenvalue weighted by Crippen LogP contribution is -2.15. The molecule has 1 aromatic heterocycles. The minimum atomic E-state index is -0.267. The molecule has 0 bridgehead atoms. The van der Waals surface area contributed by atoms with E-state index in [1.54, 1.807) is 41.9 Å². The minimum absolute atomic E-state index is 0.203. The quantitative estimate of drug-likeness (QED) is 0.757. The summed E-state index contributed by atoms with van der Waals surface area (Å²) in [4.78, 5) is 28.6. The Morgan fingerprint density at radius 3 is 2.58 bits per heavy atom. The van der Waals surface area contributed by atoms with Crippen molar-refractivity contribution in [2.75, 3.05) is 10.6 Å². The number of anilines is 2. The number of aryl methyl sites for hydroxylation is 1. The van der Waals surface area contributed by atoms with Crippen LogP contribution in [0.25, 0.3) is 0 Å².